The molecule has 1 N–H and O–H groups in total. The van der Waals surface area contributed by atoms with Crippen molar-refractivity contribution in [2.75, 3.05) is 11.4 Å². The fourth-order valence-corrected chi connectivity index (χ4v) is 1.80. The summed E-state index contributed by atoms with van der Waals surface area (Å²) < 4.78 is 0.703. The van der Waals surface area contributed by atoms with Gasteiger partial charge in [0, 0.05) is 4.47 Å². The Labute approximate surface area is 99.8 Å². The second-order valence-electron chi connectivity index (χ2n) is 3.16. The van der Waals surface area contributed by atoms with E-state index in [1.165, 1.54) is 0 Å². The maximum absolute atomic E-state index is 11.5. The number of nitrogens with one attached hydrogen (secondary N) is 1. The van der Waals surface area contributed by atoms with Crippen LogP contribution in [-0.4, -0.2) is 18.5 Å². The Morgan fingerprint density at radius 3 is 2.75 bits per heavy atom. The average Bonchev–Trinajstić information content (AvgIpc) is 2.58. The van der Waals surface area contributed by atoms with Crippen molar-refractivity contribution in [2.45, 2.75) is 0 Å². The van der Waals surface area contributed by atoms with Gasteiger partial charge in [0.25, 0.3) is 5.91 Å². The zero-order valence-corrected chi connectivity index (χ0v) is 9.61. The van der Waals surface area contributed by atoms with E-state index in [2.05, 4.69) is 21.2 Å². The Balaban J connectivity index is 2.55. The lowest BCUT2D eigenvalue weighted by atomic mass is 10.2. The third-order valence-electron chi connectivity index (χ3n) is 2.16. The lowest BCUT2D eigenvalue weighted by Gasteiger charge is -2.14. The first-order valence-corrected chi connectivity index (χ1v) is 5.23. The van der Waals surface area contributed by atoms with E-state index in [9.17, 15) is 9.59 Å². The topological polar surface area (TPSA) is 73.2 Å². The third kappa shape index (κ3) is 1.66. The Bertz CT molecular complexity index is 505. The van der Waals surface area contributed by atoms with Crippen LogP contribution in [0.5, 0.6) is 0 Å². The number of nitriles is 1. The summed E-state index contributed by atoms with van der Waals surface area (Å²) in [7, 11) is 0. The summed E-state index contributed by atoms with van der Waals surface area (Å²) in [6.45, 7) is -0.0315. The Morgan fingerprint density at radius 1 is 1.44 bits per heavy atom. The number of halogens is 1. The van der Waals surface area contributed by atoms with Gasteiger partial charge in [0.05, 0.1) is 17.8 Å². The number of carbonyl (C=O) groups excluding carboxylic acids is 2. The SMILES string of the molecule is N#Cc1ccc(Br)cc1N1C(=O)CNC1=O. The van der Waals surface area contributed by atoms with E-state index < -0.39 is 6.03 Å². The molecule has 0 unspecified atom stereocenters. The molecule has 1 aromatic rings. The number of hydrogen-bond donors (Lipinski definition) is 1. The molecule has 3 amide bonds. The number of urea groups is 1. The molecule has 6 heteroatoms. The summed E-state index contributed by atoms with van der Waals surface area (Å²) in [4.78, 5) is 23.9. The highest BCUT2D eigenvalue weighted by molar-refractivity contribution is 9.10. The van der Waals surface area contributed by atoms with Gasteiger partial charge in [0.15, 0.2) is 0 Å². The maximum Gasteiger partial charge on any atom is 0.329 e. The number of imide groups is 1. The molecule has 1 aliphatic rings. The number of nitrogens with zero attached hydrogens (tertiary/aromatic N) is 2. The molecule has 0 spiro atoms. The van der Waals surface area contributed by atoms with Crippen LogP contribution in [0.15, 0.2) is 22.7 Å². The number of benzene rings is 1. The van der Waals surface area contributed by atoms with E-state index in [4.69, 9.17) is 5.26 Å². The standard InChI is InChI=1S/C10H6BrN3O2/c11-7-2-1-6(4-12)8(3-7)14-9(15)5-13-10(14)16/h1-3H,5H2,(H,13,16). The number of rotatable bonds is 1. The van der Waals surface area contributed by atoms with Crippen LogP contribution in [0.4, 0.5) is 10.5 Å². The van der Waals surface area contributed by atoms with Gasteiger partial charge in [0.2, 0.25) is 0 Å². The summed E-state index contributed by atoms with van der Waals surface area (Å²) in [6, 6.07) is 6.25. The van der Waals surface area contributed by atoms with E-state index in [1.54, 1.807) is 18.2 Å². The fraction of sp³-hybridized carbons (Fsp3) is 0.100. The van der Waals surface area contributed by atoms with Gasteiger partial charge in [-0.25, -0.2) is 9.69 Å². The fourth-order valence-electron chi connectivity index (χ4n) is 1.45. The minimum absolute atomic E-state index is 0.0315. The number of hydrogen-bond acceptors (Lipinski definition) is 3. The molecule has 0 aromatic heterocycles. The Kier molecular flexibility index (Phi) is 2.62. The highest BCUT2D eigenvalue weighted by Crippen LogP contribution is 2.26. The van der Waals surface area contributed by atoms with Gasteiger partial charge in [-0.3, -0.25) is 4.79 Å². The van der Waals surface area contributed by atoms with Crippen molar-refractivity contribution in [3.8, 4) is 6.07 Å². The van der Waals surface area contributed by atoms with Crippen LogP contribution < -0.4 is 10.2 Å². The Morgan fingerprint density at radius 2 is 2.19 bits per heavy atom. The second kappa shape index (κ2) is 3.94. The van der Waals surface area contributed by atoms with Crippen LogP contribution >= 0.6 is 15.9 Å². The molecule has 1 aliphatic heterocycles. The summed E-state index contributed by atoms with van der Waals surface area (Å²) >= 11 is 3.23. The second-order valence-corrected chi connectivity index (χ2v) is 4.08. The predicted octanol–water partition coefficient (Wildman–Crippen LogP) is 1.38. The van der Waals surface area contributed by atoms with E-state index >= 15 is 0 Å². The smallest absolute Gasteiger partial charge is 0.328 e. The minimum Gasteiger partial charge on any atom is -0.328 e. The third-order valence-corrected chi connectivity index (χ3v) is 2.66. The van der Waals surface area contributed by atoms with Gasteiger partial charge >= 0.3 is 6.03 Å². The minimum atomic E-state index is -0.500. The van der Waals surface area contributed by atoms with Crippen molar-refractivity contribution in [3.05, 3.63) is 28.2 Å². The van der Waals surface area contributed by atoms with Gasteiger partial charge in [-0.05, 0) is 18.2 Å². The van der Waals surface area contributed by atoms with Crippen molar-refractivity contribution in [1.82, 2.24) is 5.32 Å². The van der Waals surface area contributed by atoms with Crippen molar-refractivity contribution < 1.29 is 9.59 Å². The monoisotopic (exact) mass is 279 g/mol. The van der Waals surface area contributed by atoms with E-state index in [1.807, 2.05) is 6.07 Å². The van der Waals surface area contributed by atoms with Crippen LogP contribution in [0.25, 0.3) is 0 Å². The van der Waals surface area contributed by atoms with Crippen LogP contribution in [0.2, 0.25) is 0 Å². The summed E-state index contributed by atoms with van der Waals surface area (Å²) in [5.41, 5.74) is 0.588. The maximum atomic E-state index is 11.5. The molecular formula is C10H6BrN3O2. The molecular weight excluding hydrogens is 274 g/mol. The molecule has 2 rings (SSSR count). The lowest BCUT2D eigenvalue weighted by Crippen LogP contribution is -2.31. The molecule has 0 atom stereocenters. The summed E-state index contributed by atoms with van der Waals surface area (Å²) in [6.07, 6.45) is 0. The van der Waals surface area contributed by atoms with E-state index in [0.717, 1.165) is 4.90 Å². The highest BCUT2D eigenvalue weighted by Gasteiger charge is 2.31. The van der Waals surface area contributed by atoms with Gasteiger partial charge in [-0.2, -0.15) is 5.26 Å². The average molecular weight is 280 g/mol. The number of amides is 3. The van der Waals surface area contributed by atoms with E-state index in [0.29, 0.717) is 10.2 Å². The highest BCUT2D eigenvalue weighted by atomic mass is 79.9. The van der Waals surface area contributed by atoms with Crippen LogP contribution in [0.1, 0.15) is 5.56 Å². The molecule has 0 bridgehead atoms. The van der Waals surface area contributed by atoms with Gasteiger partial charge in [-0.1, -0.05) is 15.9 Å². The van der Waals surface area contributed by atoms with Crippen LogP contribution in [0.3, 0.4) is 0 Å². The molecule has 0 saturated carbocycles. The molecule has 1 fully saturated rings. The first kappa shape index (κ1) is 10.6. The zero-order chi connectivity index (χ0) is 11.7. The predicted molar refractivity (Wildman–Crippen MR) is 59.7 cm³/mol. The van der Waals surface area contributed by atoms with Crippen molar-refractivity contribution in [2.24, 2.45) is 0 Å². The van der Waals surface area contributed by atoms with Crippen molar-refractivity contribution >= 4 is 33.6 Å². The molecule has 0 radical (unpaired) electrons. The molecule has 5 nitrogen and oxygen atoms in total. The zero-order valence-electron chi connectivity index (χ0n) is 8.03. The first-order valence-electron chi connectivity index (χ1n) is 4.44. The summed E-state index contributed by atoms with van der Waals surface area (Å²) in [5, 5.41) is 11.3. The first-order chi connectivity index (χ1) is 7.63. The molecule has 1 heterocycles. The van der Waals surface area contributed by atoms with E-state index in [-0.39, 0.29) is 18.0 Å². The van der Waals surface area contributed by atoms with Gasteiger partial charge < -0.3 is 5.32 Å². The molecule has 16 heavy (non-hydrogen) atoms. The van der Waals surface area contributed by atoms with Crippen LogP contribution in [0, 0.1) is 11.3 Å². The number of anilines is 1. The molecule has 0 aliphatic carbocycles. The quantitative estimate of drug-likeness (QED) is 0.790. The lowest BCUT2D eigenvalue weighted by molar-refractivity contribution is -0.115. The molecule has 1 aromatic carbocycles. The van der Waals surface area contributed by atoms with Crippen molar-refractivity contribution in [3.63, 3.8) is 0 Å². The van der Waals surface area contributed by atoms with Crippen molar-refractivity contribution in [1.29, 1.82) is 5.26 Å². The normalized spacial score (nSPS) is 14.9. The molecule has 80 valence electrons. The molecule has 1 saturated heterocycles. The largest absolute Gasteiger partial charge is 0.329 e. The van der Waals surface area contributed by atoms with Gasteiger partial charge in [0.1, 0.15) is 6.07 Å². The summed E-state index contributed by atoms with van der Waals surface area (Å²) in [5.74, 6) is -0.361. The van der Waals surface area contributed by atoms with Crippen LogP contribution in [-0.2, 0) is 4.79 Å². The number of carbonyl (C=O) groups is 2. The van der Waals surface area contributed by atoms with Gasteiger partial charge in [-0.15, -0.1) is 0 Å². The Hall–Kier alpha value is -1.87.